The molecular weight excluding hydrogens is 220 g/mol. The van der Waals surface area contributed by atoms with Crippen LogP contribution in [0.2, 0.25) is 0 Å². The molecule has 94 valence electrons. The number of nitrogens with zero attached hydrogens (tertiary/aromatic N) is 1. The lowest BCUT2D eigenvalue weighted by Crippen LogP contribution is -2.44. The van der Waals surface area contributed by atoms with Gasteiger partial charge in [0.15, 0.2) is 0 Å². The minimum atomic E-state index is 0.265. The molecule has 0 aliphatic carbocycles. The molecule has 0 aromatic heterocycles. The Bertz CT molecular complexity index is 227. The number of carbonyl (C=O) groups excluding carboxylic acids is 1. The van der Waals surface area contributed by atoms with Gasteiger partial charge in [-0.1, -0.05) is 13.8 Å². The maximum Gasteiger partial charge on any atom is 0.224 e. The van der Waals surface area contributed by atoms with Gasteiger partial charge in [-0.05, 0) is 12.8 Å². The van der Waals surface area contributed by atoms with Crippen molar-refractivity contribution in [3.8, 4) is 0 Å². The van der Waals surface area contributed by atoms with E-state index in [-0.39, 0.29) is 5.91 Å². The smallest absolute Gasteiger partial charge is 0.224 e. The summed E-state index contributed by atoms with van der Waals surface area (Å²) in [7, 11) is 1.92. The van der Waals surface area contributed by atoms with Crippen LogP contribution in [0.5, 0.6) is 0 Å². The molecule has 0 spiro atoms. The molecule has 1 amide bonds. The van der Waals surface area contributed by atoms with E-state index in [2.05, 4.69) is 26.1 Å². The van der Waals surface area contributed by atoms with Crippen molar-refractivity contribution in [3.63, 3.8) is 0 Å². The summed E-state index contributed by atoms with van der Waals surface area (Å²) in [5.41, 5.74) is 0. The molecule has 4 heteroatoms. The number of hydrogen-bond acceptors (Lipinski definition) is 3. The molecule has 0 bridgehead atoms. The van der Waals surface area contributed by atoms with Gasteiger partial charge in [-0.15, -0.1) is 0 Å². The average Bonchev–Trinajstić information content (AvgIpc) is 2.28. The molecular formula is C12H24N2OS. The van der Waals surface area contributed by atoms with Gasteiger partial charge in [0.1, 0.15) is 0 Å². The predicted octanol–water partition coefficient (Wildman–Crippen LogP) is 1.58. The molecule has 1 heterocycles. The van der Waals surface area contributed by atoms with Crippen LogP contribution in [0.15, 0.2) is 0 Å². The highest BCUT2D eigenvalue weighted by Crippen LogP contribution is 2.14. The Morgan fingerprint density at radius 3 is 2.69 bits per heavy atom. The van der Waals surface area contributed by atoms with Crippen molar-refractivity contribution in [1.29, 1.82) is 0 Å². The average molecular weight is 244 g/mol. The molecule has 1 rings (SSSR count). The minimum Gasteiger partial charge on any atom is -0.343 e. The van der Waals surface area contributed by atoms with E-state index in [0.29, 0.717) is 24.4 Å². The first kappa shape index (κ1) is 13.8. The van der Waals surface area contributed by atoms with Crippen LogP contribution in [0, 0.1) is 5.92 Å². The van der Waals surface area contributed by atoms with Crippen molar-refractivity contribution in [2.75, 3.05) is 25.1 Å². The van der Waals surface area contributed by atoms with Crippen LogP contribution in [0.4, 0.5) is 0 Å². The van der Waals surface area contributed by atoms with Crippen molar-refractivity contribution in [2.45, 2.75) is 39.3 Å². The third-order valence-corrected chi connectivity index (χ3v) is 4.52. The predicted molar refractivity (Wildman–Crippen MR) is 70.8 cm³/mol. The van der Waals surface area contributed by atoms with Crippen LogP contribution < -0.4 is 5.32 Å². The van der Waals surface area contributed by atoms with E-state index in [1.54, 1.807) is 0 Å². The summed E-state index contributed by atoms with van der Waals surface area (Å²) in [6.07, 6.45) is 0.639. The first-order chi connectivity index (χ1) is 7.52. The zero-order chi connectivity index (χ0) is 12.1. The molecule has 1 aliphatic heterocycles. The van der Waals surface area contributed by atoms with E-state index in [9.17, 15) is 4.79 Å². The van der Waals surface area contributed by atoms with Crippen LogP contribution in [-0.2, 0) is 4.79 Å². The second kappa shape index (κ2) is 6.50. The Balaban J connectivity index is 2.38. The topological polar surface area (TPSA) is 32.3 Å². The highest BCUT2D eigenvalue weighted by atomic mass is 32.2. The van der Waals surface area contributed by atoms with Crippen LogP contribution in [0.25, 0.3) is 0 Å². The lowest BCUT2D eigenvalue weighted by atomic mass is 10.0. The van der Waals surface area contributed by atoms with Gasteiger partial charge in [-0.25, -0.2) is 0 Å². The van der Waals surface area contributed by atoms with E-state index >= 15 is 0 Å². The largest absolute Gasteiger partial charge is 0.343 e. The summed E-state index contributed by atoms with van der Waals surface area (Å²) in [6.45, 7) is 7.46. The van der Waals surface area contributed by atoms with Crippen LogP contribution in [-0.4, -0.2) is 48.0 Å². The molecule has 2 unspecified atom stereocenters. The standard InChI is InChI=1S/C12H24N2OS/c1-9(2)10(3)14(4)12(15)7-11-8-16-6-5-13-11/h9-11,13H,5-8H2,1-4H3. The zero-order valence-electron chi connectivity index (χ0n) is 10.8. The van der Waals surface area contributed by atoms with E-state index in [0.717, 1.165) is 12.3 Å². The number of hydrogen-bond donors (Lipinski definition) is 1. The summed E-state index contributed by atoms with van der Waals surface area (Å²) in [4.78, 5) is 13.9. The summed E-state index contributed by atoms with van der Waals surface area (Å²) in [5, 5.41) is 3.40. The van der Waals surface area contributed by atoms with Crippen molar-refractivity contribution in [3.05, 3.63) is 0 Å². The monoisotopic (exact) mass is 244 g/mol. The van der Waals surface area contributed by atoms with Crippen LogP contribution >= 0.6 is 11.8 Å². The van der Waals surface area contributed by atoms with Gasteiger partial charge in [0, 0.05) is 43.6 Å². The van der Waals surface area contributed by atoms with Gasteiger partial charge in [0.05, 0.1) is 0 Å². The van der Waals surface area contributed by atoms with Gasteiger partial charge in [-0.3, -0.25) is 4.79 Å². The molecule has 2 atom stereocenters. The normalized spacial score (nSPS) is 23.2. The summed E-state index contributed by atoms with van der Waals surface area (Å²) < 4.78 is 0. The fourth-order valence-electron chi connectivity index (χ4n) is 1.78. The highest BCUT2D eigenvalue weighted by Gasteiger charge is 2.22. The molecule has 1 aliphatic rings. The minimum absolute atomic E-state index is 0.265. The number of thioether (sulfide) groups is 1. The first-order valence-electron chi connectivity index (χ1n) is 6.09. The number of amides is 1. The number of rotatable bonds is 4. The SMILES string of the molecule is CC(C)C(C)N(C)C(=O)CC1CSCCN1. The Morgan fingerprint density at radius 2 is 2.19 bits per heavy atom. The molecule has 1 N–H and O–H groups in total. The van der Waals surface area contributed by atoms with Crippen molar-refractivity contribution >= 4 is 17.7 Å². The summed E-state index contributed by atoms with van der Waals surface area (Å²) >= 11 is 1.94. The van der Waals surface area contributed by atoms with E-state index in [1.807, 2.05) is 23.7 Å². The van der Waals surface area contributed by atoms with Crippen LogP contribution in [0.1, 0.15) is 27.2 Å². The van der Waals surface area contributed by atoms with E-state index in [4.69, 9.17) is 0 Å². The molecule has 0 aromatic rings. The fourth-order valence-corrected chi connectivity index (χ4v) is 2.73. The van der Waals surface area contributed by atoms with Crippen molar-refractivity contribution < 1.29 is 4.79 Å². The quantitative estimate of drug-likeness (QED) is 0.815. The third kappa shape index (κ3) is 3.98. The van der Waals surface area contributed by atoms with Crippen molar-refractivity contribution in [1.82, 2.24) is 10.2 Å². The fraction of sp³-hybridized carbons (Fsp3) is 0.917. The molecule has 3 nitrogen and oxygen atoms in total. The third-order valence-electron chi connectivity index (χ3n) is 3.39. The van der Waals surface area contributed by atoms with Gasteiger partial charge in [0.2, 0.25) is 5.91 Å². The van der Waals surface area contributed by atoms with Gasteiger partial charge < -0.3 is 10.2 Å². The van der Waals surface area contributed by atoms with Gasteiger partial charge >= 0.3 is 0 Å². The first-order valence-corrected chi connectivity index (χ1v) is 7.24. The number of nitrogens with one attached hydrogen (secondary N) is 1. The zero-order valence-corrected chi connectivity index (χ0v) is 11.6. The second-order valence-corrected chi connectivity index (χ2v) is 6.07. The van der Waals surface area contributed by atoms with Gasteiger partial charge in [-0.2, -0.15) is 11.8 Å². The Morgan fingerprint density at radius 1 is 1.50 bits per heavy atom. The molecule has 1 fully saturated rings. The second-order valence-electron chi connectivity index (χ2n) is 4.92. The molecule has 16 heavy (non-hydrogen) atoms. The van der Waals surface area contributed by atoms with Crippen LogP contribution in [0.3, 0.4) is 0 Å². The number of carbonyl (C=O) groups is 1. The highest BCUT2D eigenvalue weighted by molar-refractivity contribution is 7.99. The molecule has 1 saturated heterocycles. The molecule has 0 radical (unpaired) electrons. The Labute approximate surface area is 103 Å². The maximum absolute atomic E-state index is 12.0. The van der Waals surface area contributed by atoms with E-state index in [1.165, 1.54) is 5.75 Å². The lowest BCUT2D eigenvalue weighted by Gasteiger charge is -2.30. The molecule has 0 aromatic carbocycles. The summed E-state index contributed by atoms with van der Waals surface area (Å²) in [6, 6.07) is 0.691. The molecule has 0 saturated carbocycles. The van der Waals surface area contributed by atoms with Gasteiger partial charge in [0.25, 0.3) is 0 Å². The van der Waals surface area contributed by atoms with Crippen molar-refractivity contribution in [2.24, 2.45) is 5.92 Å². The van der Waals surface area contributed by atoms with E-state index < -0.39 is 0 Å². The Hall–Kier alpha value is -0.220. The lowest BCUT2D eigenvalue weighted by molar-refractivity contribution is -0.132. The summed E-state index contributed by atoms with van der Waals surface area (Å²) in [5.74, 6) is 3.02. The maximum atomic E-state index is 12.0. The Kier molecular flexibility index (Phi) is 5.62.